The predicted molar refractivity (Wildman–Crippen MR) is 235 cm³/mol. The molecule has 2 heterocycles. The summed E-state index contributed by atoms with van der Waals surface area (Å²) in [5.74, 6) is 2.59. The number of fused-ring (bicyclic) bond motifs is 6. The van der Waals surface area contributed by atoms with E-state index in [-0.39, 0.29) is 0 Å². The lowest BCUT2D eigenvalue weighted by Crippen LogP contribution is -2.46. The molecular weight excluding hydrogens is 677 g/mol. The molecule has 8 aliphatic carbocycles. The van der Waals surface area contributed by atoms with Gasteiger partial charge in [0.15, 0.2) is 0 Å². The maximum atomic E-state index is 3.08. The first-order chi connectivity index (χ1) is 27.8. The van der Waals surface area contributed by atoms with Gasteiger partial charge in [0, 0.05) is 53.4 Å². The summed E-state index contributed by atoms with van der Waals surface area (Å²) in [6, 6.07) is 10.1. The van der Waals surface area contributed by atoms with Crippen molar-refractivity contribution in [3.05, 3.63) is 179 Å². The van der Waals surface area contributed by atoms with E-state index in [4.69, 9.17) is 0 Å². The van der Waals surface area contributed by atoms with E-state index in [0.717, 1.165) is 19.3 Å². The highest BCUT2D eigenvalue weighted by Gasteiger charge is 2.51. The van der Waals surface area contributed by atoms with Crippen LogP contribution in [0.5, 0.6) is 0 Å². The zero-order chi connectivity index (χ0) is 37.0. The molecule has 0 radical (unpaired) electrons. The molecule has 0 saturated carbocycles. The van der Waals surface area contributed by atoms with Gasteiger partial charge in [0.25, 0.3) is 0 Å². The monoisotopic (exact) mass is 734 g/mol. The maximum absolute atomic E-state index is 3.08. The normalized spacial score (nSPS) is 36.6. The van der Waals surface area contributed by atoms with Gasteiger partial charge in [-0.15, -0.1) is 0 Å². The van der Waals surface area contributed by atoms with Gasteiger partial charge in [-0.1, -0.05) is 134 Å². The van der Waals surface area contributed by atoms with Gasteiger partial charge in [0.1, 0.15) is 0 Å². The van der Waals surface area contributed by atoms with E-state index in [9.17, 15) is 0 Å². The van der Waals surface area contributed by atoms with Gasteiger partial charge in [0.05, 0.1) is 12.1 Å². The van der Waals surface area contributed by atoms with Gasteiger partial charge in [-0.2, -0.15) is 0 Å². The van der Waals surface area contributed by atoms with Crippen LogP contribution in [-0.2, 0) is 0 Å². The molecule has 56 heavy (non-hydrogen) atoms. The standard InChI is InChI=1S/C54H58N2/c1-4-15-37(16-5-1)40-21-14-22-45(32-40)55-51-25-12-10-23-47(51)49-35-41(27-29-53(49)55)42-28-30-54-50(36-42)48-24-11-13-26-52(48)56(54)46-33-43(38-17-6-2-7-18-38)31-44(34-46)39-19-8-3-9-20-39/h1-2,4-7,10-12,14-15,17,19,21,23-25,27,29,31-33,35-38,45-48,50-52,54H,3,8-9,13,16,18,20,22,26,28,30,34H2. The Morgan fingerprint density at radius 2 is 1.41 bits per heavy atom. The summed E-state index contributed by atoms with van der Waals surface area (Å²) in [4.78, 5) is 5.83. The summed E-state index contributed by atoms with van der Waals surface area (Å²) in [6.45, 7) is 0. The molecule has 2 aliphatic heterocycles. The smallest absolute Gasteiger partial charge is 0.0586 e. The SMILES string of the molecule is C1=CCC(C2=CC(N3c4ccc(C5=CC6C7C=CCCC7N(C7C=C(C8C=CC=CC8)C=C(C8=CCCCC8)C7)C6CC5)cc4C4C=CC=CC43)CC=C2)C=C1. The van der Waals surface area contributed by atoms with Crippen molar-refractivity contribution in [3.8, 4) is 0 Å². The second-order valence-corrected chi connectivity index (χ2v) is 18.2. The number of hydrogen-bond acceptors (Lipinski definition) is 2. The van der Waals surface area contributed by atoms with E-state index in [1.54, 1.807) is 22.3 Å². The van der Waals surface area contributed by atoms with Gasteiger partial charge in [-0.05, 0) is 128 Å². The van der Waals surface area contributed by atoms with Gasteiger partial charge < -0.3 is 4.90 Å². The highest BCUT2D eigenvalue weighted by atomic mass is 15.3. The number of anilines is 1. The average Bonchev–Trinajstić information content (AvgIpc) is 3.79. The van der Waals surface area contributed by atoms with Gasteiger partial charge >= 0.3 is 0 Å². The fourth-order valence-electron chi connectivity index (χ4n) is 12.5. The van der Waals surface area contributed by atoms with Crippen LogP contribution in [0.1, 0.15) is 94.1 Å². The molecule has 0 amide bonds. The fourth-order valence-corrected chi connectivity index (χ4v) is 12.5. The second kappa shape index (κ2) is 14.8. The van der Waals surface area contributed by atoms with Crippen LogP contribution in [0.3, 0.4) is 0 Å². The zero-order valence-electron chi connectivity index (χ0n) is 33.0. The molecular formula is C54H58N2. The zero-order valence-corrected chi connectivity index (χ0v) is 33.0. The number of benzene rings is 1. The Hall–Kier alpha value is -4.40. The summed E-state index contributed by atoms with van der Waals surface area (Å²) >= 11 is 0. The molecule has 1 aromatic carbocycles. The number of nitrogens with zero attached hydrogens (tertiary/aromatic N) is 2. The molecule has 10 aliphatic rings. The van der Waals surface area contributed by atoms with E-state index < -0.39 is 0 Å². The second-order valence-electron chi connectivity index (χ2n) is 18.2. The number of likely N-dealkylation sites (tertiary alicyclic amines) is 1. The lowest BCUT2D eigenvalue weighted by Gasteiger charge is -2.41. The highest BCUT2D eigenvalue weighted by molar-refractivity contribution is 5.75. The predicted octanol–water partition coefficient (Wildman–Crippen LogP) is 12.5. The quantitative estimate of drug-likeness (QED) is 0.269. The lowest BCUT2D eigenvalue weighted by atomic mass is 9.76. The molecule has 0 N–H and O–H groups in total. The van der Waals surface area contributed by atoms with Crippen molar-refractivity contribution in [2.24, 2.45) is 23.7 Å². The minimum Gasteiger partial charge on any atom is -0.357 e. The van der Waals surface area contributed by atoms with E-state index >= 15 is 0 Å². The van der Waals surface area contributed by atoms with Crippen molar-refractivity contribution < 1.29 is 0 Å². The topological polar surface area (TPSA) is 6.48 Å². The minimum absolute atomic E-state index is 0.374. The third-order valence-electron chi connectivity index (χ3n) is 15.1. The van der Waals surface area contributed by atoms with Crippen LogP contribution in [0.15, 0.2) is 168 Å². The molecule has 1 saturated heterocycles. The molecule has 2 nitrogen and oxygen atoms in total. The number of hydrogen-bond donors (Lipinski definition) is 0. The van der Waals surface area contributed by atoms with Crippen LogP contribution >= 0.6 is 0 Å². The van der Waals surface area contributed by atoms with Gasteiger partial charge in [-0.25, -0.2) is 0 Å². The van der Waals surface area contributed by atoms with Crippen LogP contribution in [-0.4, -0.2) is 35.1 Å². The van der Waals surface area contributed by atoms with E-state index in [0.29, 0.717) is 59.8 Å². The van der Waals surface area contributed by atoms with Crippen molar-refractivity contribution in [2.75, 3.05) is 4.90 Å². The van der Waals surface area contributed by atoms with Crippen LogP contribution < -0.4 is 4.90 Å². The Balaban J connectivity index is 0.904. The van der Waals surface area contributed by atoms with E-state index in [1.165, 1.54) is 80.2 Å². The molecule has 1 aromatic rings. The van der Waals surface area contributed by atoms with Crippen molar-refractivity contribution in [1.29, 1.82) is 0 Å². The van der Waals surface area contributed by atoms with Gasteiger partial charge in [0.2, 0.25) is 0 Å². The molecule has 0 spiro atoms. The average molecular weight is 735 g/mol. The molecule has 10 atom stereocenters. The number of allylic oxidation sites excluding steroid dienone is 18. The summed E-state index contributed by atoms with van der Waals surface area (Å²) in [5.41, 5.74) is 12.3. The van der Waals surface area contributed by atoms with Crippen LogP contribution in [0.25, 0.3) is 5.57 Å². The Morgan fingerprint density at radius 1 is 0.589 bits per heavy atom. The Labute approximate surface area is 335 Å². The first-order valence-electron chi connectivity index (χ1n) is 22.4. The molecule has 10 unspecified atom stereocenters. The van der Waals surface area contributed by atoms with Crippen molar-refractivity contribution in [1.82, 2.24) is 4.90 Å². The molecule has 0 aromatic heterocycles. The molecule has 0 bridgehead atoms. The minimum atomic E-state index is 0.374. The summed E-state index contributed by atoms with van der Waals surface area (Å²) in [6.07, 6.45) is 65.8. The summed E-state index contributed by atoms with van der Waals surface area (Å²) < 4.78 is 0. The third-order valence-corrected chi connectivity index (χ3v) is 15.1. The fraction of sp³-hybridized carbons (Fsp3) is 0.407. The van der Waals surface area contributed by atoms with Crippen LogP contribution in [0, 0.1) is 23.7 Å². The lowest BCUT2D eigenvalue weighted by molar-refractivity contribution is 0.128. The first-order valence-corrected chi connectivity index (χ1v) is 22.4. The van der Waals surface area contributed by atoms with Crippen LogP contribution in [0.2, 0.25) is 0 Å². The maximum Gasteiger partial charge on any atom is 0.0586 e. The summed E-state index contributed by atoms with van der Waals surface area (Å²) in [5, 5.41) is 0. The number of rotatable bonds is 6. The summed E-state index contributed by atoms with van der Waals surface area (Å²) in [7, 11) is 0. The third kappa shape index (κ3) is 6.19. The van der Waals surface area contributed by atoms with Crippen LogP contribution in [0.4, 0.5) is 5.69 Å². The Kier molecular flexibility index (Phi) is 9.22. The Morgan fingerprint density at radius 3 is 2.25 bits per heavy atom. The van der Waals surface area contributed by atoms with Gasteiger partial charge in [-0.3, -0.25) is 4.90 Å². The molecule has 1 fully saturated rings. The van der Waals surface area contributed by atoms with Crippen molar-refractivity contribution in [3.63, 3.8) is 0 Å². The van der Waals surface area contributed by atoms with E-state index in [1.807, 2.05) is 0 Å². The Bertz CT molecular complexity index is 2150. The largest absolute Gasteiger partial charge is 0.357 e. The molecule has 11 rings (SSSR count). The van der Waals surface area contributed by atoms with E-state index in [2.05, 4.69) is 156 Å². The first kappa shape index (κ1) is 34.8. The molecule has 284 valence electrons. The highest BCUT2D eigenvalue weighted by Crippen LogP contribution is 2.52. The van der Waals surface area contributed by atoms with Crippen molar-refractivity contribution in [2.45, 2.75) is 113 Å². The van der Waals surface area contributed by atoms with Crippen molar-refractivity contribution >= 4 is 11.3 Å². The molecule has 2 heteroatoms.